The molecule has 0 saturated heterocycles. The lowest BCUT2D eigenvalue weighted by Crippen LogP contribution is -2.35. The van der Waals surface area contributed by atoms with Crippen LogP contribution < -0.4 is 11.1 Å². The topological polar surface area (TPSA) is 38.0 Å². The summed E-state index contributed by atoms with van der Waals surface area (Å²) in [6.45, 7) is 1.82. The Hall–Kier alpha value is -1.38. The molecule has 100 valence electrons. The molecule has 3 rings (SSSR count). The molecule has 0 radical (unpaired) electrons. The van der Waals surface area contributed by atoms with Crippen molar-refractivity contribution in [2.45, 2.75) is 38.3 Å². The zero-order valence-corrected chi connectivity index (χ0v) is 11.4. The fraction of sp³-hybridized carbons (Fsp3) is 0.412. The third-order valence-electron chi connectivity index (χ3n) is 4.18. The van der Waals surface area contributed by atoms with Gasteiger partial charge in [-0.3, -0.25) is 0 Å². The molecular formula is C17H22N2. The minimum absolute atomic E-state index is 0.616. The maximum atomic E-state index is 5.57. The van der Waals surface area contributed by atoms with Crippen LogP contribution >= 0.6 is 0 Å². The van der Waals surface area contributed by atoms with Crippen LogP contribution in [0.1, 0.15) is 30.4 Å². The van der Waals surface area contributed by atoms with Crippen LogP contribution in [0.2, 0.25) is 0 Å². The molecule has 1 unspecified atom stereocenters. The predicted octanol–water partition coefficient (Wildman–Crippen LogP) is 2.98. The van der Waals surface area contributed by atoms with Gasteiger partial charge in [-0.2, -0.15) is 0 Å². The van der Waals surface area contributed by atoms with Crippen molar-refractivity contribution in [1.29, 1.82) is 0 Å². The highest BCUT2D eigenvalue weighted by Gasteiger charge is 2.19. The second kappa shape index (κ2) is 5.72. The summed E-state index contributed by atoms with van der Waals surface area (Å²) in [4.78, 5) is 0. The van der Waals surface area contributed by atoms with Gasteiger partial charge < -0.3 is 11.1 Å². The lowest BCUT2D eigenvalue weighted by molar-refractivity contribution is 0.438. The SMILES string of the molecule is NCCCCC1Cc2c(ccc3ccccc23)CN1. The summed E-state index contributed by atoms with van der Waals surface area (Å²) < 4.78 is 0. The molecule has 19 heavy (non-hydrogen) atoms. The molecule has 0 saturated carbocycles. The van der Waals surface area contributed by atoms with Crippen molar-refractivity contribution >= 4 is 10.8 Å². The van der Waals surface area contributed by atoms with Crippen molar-refractivity contribution in [2.75, 3.05) is 6.54 Å². The quantitative estimate of drug-likeness (QED) is 0.823. The Bertz CT molecular complexity index is 562. The van der Waals surface area contributed by atoms with Crippen molar-refractivity contribution in [1.82, 2.24) is 5.32 Å². The second-order valence-corrected chi connectivity index (χ2v) is 5.49. The van der Waals surface area contributed by atoms with Crippen LogP contribution in [0.25, 0.3) is 10.8 Å². The first-order chi connectivity index (χ1) is 9.38. The number of nitrogens with one attached hydrogen (secondary N) is 1. The van der Waals surface area contributed by atoms with Gasteiger partial charge in [0.25, 0.3) is 0 Å². The molecule has 1 aliphatic rings. The van der Waals surface area contributed by atoms with E-state index in [9.17, 15) is 0 Å². The number of nitrogens with two attached hydrogens (primary N) is 1. The lowest BCUT2D eigenvalue weighted by Gasteiger charge is -2.27. The van der Waals surface area contributed by atoms with Gasteiger partial charge in [0, 0.05) is 12.6 Å². The van der Waals surface area contributed by atoms with E-state index in [1.54, 1.807) is 5.56 Å². The van der Waals surface area contributed by atoms with Gasteiger partial charge >= 0.3 is 0 Å². The zero-order valence-electron chi connectivity index (χ0n) is 11.4. The van der Waals surface area contributed by atoms with E-state index in [4.69, 9.17) is 5.73 Å². The van der Waals surface area contributed by atoms with Crippen LogP contribution in [0.4, 0.5) is 0 Å². The standard InChI is InChI=1S/C17H22N2/c18-10-4-3-6-15-11-17-14(12-19-15)9-8-13-5-1-2-7-16(13)17/h1-2,5,7-9,15,19H,3-4,6,10-12,18H2. The molecule has 0 aromatic heterocycles. The van der Waals surface area contributed by atoms with Crippen LogP contribution in [0, 0.1) is 0 Å². The highest BCUT2D eigenvalue weighted by molar-refractivity contribution is 5.87. The average Bonchev–Trinajstić information content (AvgIpc) is 2.47. The first kappa shape index (κ1) is 12.6. The predicted molar refractivity (Wildman–Crippen MR) is 81.2 cm³/mol. The minimum Gasteiger partial charge on any atom is -0.330 e. The van der Waals surface area contributed by atoms with Crippen molar-refractivity contribution in [3.63, 3.8) is 0 Å². The van der Waals surface area contributed by atoms with Crippen molar-refractivity contribution in [3.05, 3.63) is 47.5 Å². The molecular weight excluding hydrogens is 232 g/mol. The summed E-state index contributed by atoms with van der Waals surface area (Å²) in [6.07, 6.45) is 4.76. The Balaban J connectivity index is 1.84. The summed E-state index contributed by atoms with van der Waals surface area (Å²) in [5, 5.41) is 6.46. The zero-order chi connectivity index (χ0) is 13.1. The van der Waals surface area contributed by atoms with Crippen LogP contribution in [0.5, 0.6) is 0 Å². The molecule has 2 heteroatoms. The highest BCUT2D eigenvalue weighted by atomic mass is 14.9. The molecule has 2 aromatic rings. The third-order valence-corrected chi connectivity index (χ3v) is 4.18. The molecule has 1 atom stereocenters. The van der Waals surface area contributed by atoms with Gasteiger partial charge in [-0.1, -0.05) is 42.8 Å². The van der Waals surface area contributed by atoms with Crippen LogP contribution in [0.15, 0.2) is 36.4 Å². The molecule has 3 N–H and O–H groups in total. The van der Waals surface area contributed by atoms with Gasteiger partial charge in [-0.05, 0) is 47.7 Å². The molecule has 0 spiro atoms. The summed E-state index contributed by atoms with van der Waals surface area (Å²) in [6, 6.07) is 13.9. The molecule has 0 fully saturated rings. The van der Waals surface area contributed by atoms with Crippen LogP contribution in [-0.2, 0) is 13.0 Å². The van der Waals surface area contributed by atoms with E-state index in [2.05, 4.69) is 41.7 Å². The van der Waals surface area contributed by atoms with E-state index >= 15 is 0 Å². The fourth-order valence-corrected chi connectivity index (χ4v) is 3.10. The molecule has 0 aliphatic carbocycles. The Morgan fingerprint density at radius 2 is 2.00 bits per heavy atom. The number of hydrogen-bond acceptors (Lipinski definition) is 2. The van der Waals surface area contributed by atoms with Crippen molar-refractivity contribution in [2.24, 2.45) is 5.73 Å². The lowest BCUT2D eigenvalue weighted by atomic mass is 9.89. The Morgan fingerprint density at radius 3 is 2.89 bits per heavy atom. The number of fused-ring (bicyclic) bond motifs is 3. The maximum absolute atomic E-state index is 5.57. The van der Waals surface area contributed by atoms with Gasteiger partial charge in [-0.25, -0.2) is 0 Å². The fourth-order valence-electron chi connectivity index (χ4n) is 3.10. The second-order valence-electron chi connectivity index (χ2n) is 5.49. The first-order valence-corrected chi connectivity index (χ1v) is 7.31. The number of rotatable bonds is 4. The molecule has 2 aromatic carbocycles. The largest absolute Gasteiger partial charge is 0.330 e. The van der Waals surface area contributed by atoms with E-state index in [0.29, 0.717) is 6.04 Å². The van der Waals surface area contributed by atoms with Gasteiger partial charge in [0.2, 0.25) is 0 Å². The average molecular weight is 254 g/mol. The maximum Gasteiger partial charge on any atom is 0.0211 e. The summed E-state index contributed by atoms with van der Waals surface area (Å²) >= 11 is 0. The first-order valence-electron chi connectivity index (χ1n) is 7.31. The van der Waals surface area contributed by atoms with Crippen molar-refractivity contribution < 1.29 is 0 Å². The van der Waals surface area contributed by atoms with Gasteiger partial charge in [0.1, 0.15) is 0 Å². The Morgan fingerprint density at radius 1 is 1.11 bits per heavy atom. The van der Waals surface area contributed by atoms with E-state index < -0.39 is 0 Å². The number of hydrogen-bond donors (Lipinski definition) is 2. The molecule has 1 heterocycles. The van der Waals surface area contributed by atoms with Gasteiger partial charge in [0.15, 0.2) is 0 Å². The van der Waals surface area contributed by atoms with E-state index in [0.717, 1.165) is 25.9 Å². The Kier molecular flexibility index (Phi) is 3.81. The molecule has 0 bridgehead atoms. The number of unbranched alkanes of at least 4 members (excludes halogenated alkanes) is 1. The summed E-state index contributed by atoms with van der Waals surface area (Å²) in [7, 11) is 0. The van der Waals surface area contributed by atoms with E-state index in [-0.39, 0.29) is 0 Å². The third kappa shape index (κ3) is 2.65. The highest BCUT2D eigenvalue weighted by Crippen LogP contribution is 2.27. The summed E-state index contributed by atoms with van der Waals surface area (Å²) in [5.41, 5.74) is 8.59. The van der Waals surface area contributed by atoms with Crippen LogP contribution in [0.3, 0.4) is 0 Å². The normalized spacial score (nSPS) is 18.5. The van der Waals surface area contributed by atoms with E-state index in [1.807, 2.05) is 0 Å². The monoisotopic (exact) mass is 254 g/mol. The molecule has 2 nitrogen and oxygen atoms in total. The number of benzene rings is 2. The van der Waals surface area contributed by atoms with E-state index in [1.165, 1.54) is 29.2 Å². The Labute approximate surface area is 115 Å². The summed E-state index contributed by atoms with van der Waals surface area (Å²) in [5.74, 6) is 0. The van der Waals surface area contributed by atoms with Gasteiger partial charge in [0.05, 0.1) is 0 Å². The van der Waals surface area contributed by atoms with Crippen molar-refractivity contribution in [3.8, 4) is 0 Å². The van der Waals surface area contributed by atoms with Crippen LogP contribution in [-0.4, -0.2) is 12.6 Å². The van der Waals surface area contributed by atoms with Gasteiger partial charge in [-0.15, -0.1) is 0 Å². The smallest absolute Gasteiger partial charge is 0.0211 e. The minimum atomic E-state index is 0.616. The molecule has 0 amide bonds. The molecule has 1 aliphatic heterocycles.